The molecule has 3 aromatic rings. The van der Waals surface area contributed by atoms with Crippen LogP contribution >= 0.6 is 11.6 Å². The van der Waals surface area contributed by atoms with Crippen LogP contribution in [-0.4, -0.2) is 22.0 Å². The molecular weight excluding hydrogens is 364 g/mol. The van der Waals surface area contributed by atoms with Gasteiger partial charge in [0.25, 0.3) is 5.91 Å². The van der Waals surface area contributed by atoms with Gasteiger partial charge in [0.2, 0.25) is 5.95 Å². The van der Waals surface area contributed by atoms with E-state index in [1.165, 1.54) is 12.4 Å². The number of hydrogen-bond acceptors (Lipinski definition) is 5. The van der Waals surface area contributed by atoms with E-state index in [1.807, 2.05) is 44.2 Å². The first kappa shape index (κ1) is 18.7. The van der Waals surface area contributed by atoms with Gasteiger partial charge in [-0.05, 0) is 50.2 Å². The van der Waals surface area contributed by atoms with Crippen molar-refractivity contribution in [3.63, 3.8) is 0 Å². The van der Waals surface area contributed by atoms with E-state index in [-0.39, 0.29) is 12.0 Å². The molecule has 2 N–H and O–H groups in total. The summed E-state index contributed by atoms with van der Waals surface area (Å²) in [4.78, 5) is 20.7. The molecular formula is C20H19ClN4O2. The third kappa shape index (κ3) is 5.18. The molecule has 0 atom stereocenters. The number of para-hydroxylation sites is 1. The first-order chi connectivity index (χ1) is 13.0. The summed E-state index contributed by atoms with van der Waals surface area (Å²) in [5.74, 6) is 0.813. The number of aromatic nitrogens is 2. The summed E-state index contributed by atoms with van der Waals surface area (Å²) in [7, 11) is 0. The van der Waals surface area contributed by atoms with Crippen LogP contribution in [0.15, 0.2) is 60.9 Å². The molecule has 0 bridgehead atoms. The lowest BCUT2D eigenvalue weighted by Gasteiger charge is -2.11. The normalized spacial score (nSPS) is 10.5. The van der Waals surface area contributed by atoms with Gasteiger partial charge in [0, 0.05) is 18.1 Å². The summed E-state index contributed by atoms with van der Waals surface area (Å²) in [6.07, 6.45) is 3.01. The van der Waals surface area contributed by atoms with Gasteiger partial charge in [0.05, 0.1) is 22.4 Å². The van der Waals surface area contributed by atoms with E-state index < -0.39 is 0 Å². The van der Waals surface area contributed by atoms with Crippen LogP contribution in [0.3, 0.4) is 0 Å². The van der Waals surface area contributed by atoms with Gasteiger partial charge in [-0.3, -0.25) is 4.79 Å². The fourth-order valence-electron chi connectivity index (χ4n) is 2.29. The molecule has 0 spiro atoms. The third-order valence-electron chi connectivity index (χ3n) is 3.52. The molecule has 0 radical (unpaired) electrons. The monoisotopic (exact) mass is 382 g/mol. The maximum absolute atomic E-state index is 12.3. The molecule has 27 heavy (non-hydrogen) atoms. The van der Waals surface area contributed by atoms with Crippen molar-refractivity contribution in [2.24, 2.45) is 0 Å². The Hall–Kier alpha value is -3.12. The SMILES string of the molecule is CC(C)Oc1ccc(NC(=O)c2cnc(Nc3ccccc3Cl)nc2)cc1. The summed E-state index contributed by atoms with van der Waals surface area (Å²) < 4.78 is 5.58. The van der Waals surface area contributed by atoms with Crippen molar-refractivity contribution in [1.82, 2.24) is 9.97 Å². The van der Waals surface area contributed by atoms with Crippen LogP contribution in [0.4, 0.5) is 17.3 Å². The highest BCUT2D eigenvalue weighted by molar-refractivity contribution is 6.33. The minimum Gasteiger partial charge on any atom is -0.491 e. The smallest absolute Gasteiger partial charge is 0.258 e. The molecule has 2 aromatic carbocycles. The van der Waals surface area contributed by atoms with Crippen LogP contribution < -0.4 is 15.4 Å². The Morgan fingerprint density at radius 3 is 2.33 bits per heavy atom. The second-order valence-electron chi connectivity index (χ2n) is 6.05. The number of ether oxygens (including phenoxy) is 1. The van der Waals surface area contributed by atoms with E-state index >= 15 is 0 Å². The number of rotatable bonds is 6. The molecule has 0 saturated carbocycles. The second-order valence-corrected chi connectivity index (χ2v) is 6.45. The van der Waals surface area contributed by atoms with E-state index in [0.29, 0.717) is 27.9 Å². The highest BCUT2D eigenvalue weighted by Crippen LogP contribution is 2.23. The van der Waals surface area contributed by atoms with Crippen LogP contribution in [0.25, 0.3) is 0 Å². The number of carbonyl (C=O) groups is 1. The van der Waals surface area contributed by atoms with Gasteiger partial charge < -0.3 is 15.4 Å². The highest BCUT2D eigenvalue weighted by Gasteiger charge is 2.09. The minimum absolute atomic E-state index is 0.0977. The lowest BCUT2D eigenvalue weighted by Crippen LogP contribution is -2.13. The highest BCUT2D eigenvalue weighted by atomic mass is 35.5. The molecule has 0 fully saturated rings. The van der Waals surface area contributed by atoms with Crippen LogP contribution in [0.2, 0.25) is 5.02 Å². The van der Waals surface area contributed by atoms with E-state index in [0.717, 1.165) is 5.75 Å². The van der Waals surface area contributed by atoms with E-state index in [4.69, 9.17) is 16.3 Å². The maximum Gasteiger partial charge on any atom is 0.258 e. The number of hydrogen-bond donors (Lipinski definition) is 2. The van der Waals surface area contributed by atoms with Crippen LogP contribution in [0.5, 0.6) is 5.75 Å². The van der Waals surface area contributed by atoms with Crippen molar-refractivity contribution in [2.45, 2.75) is 20.0 Å². The van der Waals surface area contributed by atoms with Gasteiger partial charge in [0.1, 0.15) is 5.75 Å². The molecule has 0 unspecified atom stereocenters. The lowest BCUT2D eigenvalue weighted by atomic mass is 10.2. The van der Waals surface area contributed by atoms with Gasteiger partial charge in [-0.15, -0.1) is 0 Å². The Balaban J connectivity index is 1.63. The molecule has 6 nitrogen and oxygen atoms in total. The van der Waals surface area contributed by atoms with Crippen LogP contribution in [0, 0.1) is 0 Å². The zero-order valence-electron chi connectivity index (χ0n) is 14.9. The Morgan fingerprint density at radius 1 is 1.04 bits per heavy atom. The lowest BCUT2D eigenvalue weighted by molar-refractivity contribution is 0.102. The van der Waals surface area contributed by atoms with Crippen molar-refractivity contribution in [3.05, 3.63) is 71.5 Å². The molecule has 3 rings (SSSR count). The van der Waals surface area contributed by atoms with Crippen molar-refractivity contribution >= 4 is 34.8 Å². The number of anilines is 3. The maximum atomic E-state index is 12.3. The zero-order valence-corrected chi connectivity index (χ0v) is 15.7. The first-order valence-electron chi connectivity index (χ1n) is 8.43. The van der Waals surface area contributed by atoms with E-state index in [2.05, 4.69) is 20.6 Å². The number of benzene rings is 2. The summed E-state index contributed by atoms with van der Waals surface area (Å²) in [6.45, 7) is 3.92. The average Bonchev–Trinajstić information content (AvgIpc) is 2.65. The summed E-state index contributed by atoms with van der Waals surface area (Å²) in [5, 5.41) is 6.37. The van der Waals surface area contributed by atoms with E-state index in [9.17, 15) is 4.79 Å². The number of nitrogens with zero attached hydrogens (tertiary/aromatic N) is 2. The van der Waals surface area contributed by atoms with Gasteiger partial charge in [-0.1, -0.05) is 23.7 Å². The van der Waals surface area contributed by atoms with Gasteiger partial charge in [-0.2, -0.15) is 0 Å². The van der Waals surface area contributed by atoms with Crippen molar-refractivity contribution in [2.75, 3.05) is 10.6 Å². The number of nitrogens with one attached hydrogen (secondary N) is 2. The number of halogens is 1. The molecule has 1 heterocycles. The average molecular weight is 383 g/mol. The zero-order chi connectivity index (χ0) is 19.2. The second kappa shape index (κ2) is 8.51. The first-order valence-corrected chi connectivity index (χ1v) is 8.81. The number of amides is 1. The van der Waals surface area contributed by atoms with Gasteiger partial charge in [0.15, 0.2) is 0 Å². The number of carbonyl (C=O) groups excluding carboxylic acids is 1. The van der Waals surface area contributed by atoms with Crippen LogP contribution in [-0.2, 0) is 0 Å². The van der Waals surface area contributed by atoms with Gasteiger partial charge in [-0.25, -0.2) is 9.97 Å². The van der Waals surface area contributed by atoms with Crippen LogP contribution in [0.1, 0.15) is 24.2 Å². The predicted octanol–water partition coefficient (Wildman–Crippen LogP) is 4.91. The summed E-state index contributed by atoms with van der Waals surface area (Å²) in [5.41, 5.74) is 1.71. The summed E-state index contributed by atoms with van der Waals surface area (Å²) >= 11 is 6.09. The van der Waals surface area contributed by atoms with Crippen molar-refractivity contribution in [3.8, 4) is 5.75 Å². The molecule has 0 aliphatic carbocycles. The quantitative estimate of drug-likeness (QED) is 0.633. The molecule has 0 aliphatic heterocycles. The van der Waals surface area contributed by atoms with Crippen molar-refractivity contribution < 1.29 is 9.53 Å². The Bertz CT molecular complexity index is 912. The van der Waals surface area contributed by atoms with Crippen molar-refractivity contribution in [1.29, 1.82) is 0 Å². The molecule has 0 aliphatic rings. The Kier molecular flexibility index (Phi) is 5.88. The minimum atomic E-state index is -0.295. The van der Waals surface area contributed by atoms with E-state index in [1.54, 1.807) is 18.2 Å². The molecule has 138 valence electrons. The molecule has 1 amide bonds. The molecule has 1 aromatic heterocycles. The Labute approximate surface area is 162 Å². The molecule has 0 saturated heterocycles. The largest absolute Gasteiger partial charge is 0.491 e. The topological polar surface area (TPSA) is 76.1 Å². The third-order valence-corrected chi connectivity index (χ3v) is 3.85. The molecule has 7 heteroatoms. The Morgan fingerprint density at radius 2 is 1.70 bits per heavy atom. The standard InChI is InChI=1S/C20H19ClN4O2/c1-13(2)27-16-9-7-15(8-10-16)24-19(26)14-11-22-20(23-12-14)25-18-6-4-3-5-17(18)21/h3-13H,1-2H3,(H,24,26)(H,22,23,25). The van der Waals surface area contributed by atoms with Gasteiger partial charge >= 0.3 is 0 Å². The fourth-order valence-corrected chi connectivity index (χ4v) is 2.47. The fraction of sp³-hybridized carbons (Fsp3) is 0.150. The summed E-state index contributed by atoms with van der Waals surface area (Å²) in [6, 6.07) is 14.5. The predicted molar refractivity (Wildman–Crippen MR) is 107 cm³/mol.